The largest absolute Gasteiger partial charge is 0.318 e. The Hall–Kier alpha value is -4.11. The Labute approximate surface area is 202 Å². The molecule has 34 heavy (non-hydrogen) atoms. The van der Waals surface area contributed by atoms with E-state index < -0.39 is 23.6 Å². The van der Waals surface area contributed by atoms with Crippen LogP contribution in [-0.4, -0.2) is 33.6 Å². The molecule has 1 aliphatic heterocycles. The number of nitrogens with one attached hydrogen (secondary N) is 2. The molecule has 1 saturated heterocycles. The maximum absolute atomic E-state index is 13.0. The highest BCUT2D eigenvalue weighted by Crippen LogP contribution is 2.21. The number of carbonyl (C=O) groups excluding carboxylic acids is 3. The van der Waals surface area contributed by atoms with Gasteiger partial charge >= 0.3 is 0 Å². The van der Waals surface area contributed by atoms with Crippen molar-refractivity contribution in [1.82, 2.24) is 15.3 Å². The first-order chi connectivity index (χ1) is 16.3. The van der Waals surface area contributed by atoms with E-state index in [0.717, 1.165) is 28.9 Å². The summed E-state index contributed by atoms with van der Waals surface area (Å²) in [5, 5.41) is 6.40. The number of rotatable bonds is 5. The Bertz CT molecular complexity index is 1310. The third-order valence-electron chi connectivity index (χ3n) is 5.52. The Morgan fingerprint density at radius 3 is 2.35 bits per heavy atom. The van der Waals surface area contributed by atoms with Crippen molar-refractivity contribution in [2.24, 2.45) is 11.0 Å². The minimum absolute atomic E-state index is 0.0000440. The van der Waals surface area contributed by atoms with E-state index in [1.165, 1.54) is 4.90 Å². The predicted octanol–water partition coefficient (Wildman–Crippen LogP) is 3.18. The Balaban J connectivity index is 1.49. The molecule has 0 radical (unpaired) electrons. The predicted molar refractivity (Wildman–Crippen MR) is 134 cm³/mol. The van der Waals surface area contributed by atoms with Gasteiger partial charge in [-0.05, 0) is 75.5 Å². The first kappa shape index (κ1) is 23.1. The molecule has 1 aliphatic rings. The number of hydrogen-bond acceptors (Lipinski definition) is 5. The van der Waals surface area contributed by atoms with Gasteiger partial charge in [0.15, 0.2) is 11.0 Å². The first-order valence-corrected chi connectivity index (χ1v) is 11.0. The van der Waals surface area contributed by atoms with Crippen LogP contribution in [-0.2, 0) is 9.59 Å². The van der Waals surface area contributed by atoms with Gasteiger partial charge in [0.1, 0.15) is 0 Å². The second-order valence-corrected chi connectivity index (χ2v) is 8.39. The lowest BCUT2D eigenvalue weighted by Gasteiger charge is -2.30. The van der Waals surface area contributed by atoms with E-state index in [2.05, 4.69) is 15.8 Å². The van der Waals surface area contributed by atoms with Gasteiger partial charge in [-0.1, -0.05) is 23.8 Å². The molecule has 4 rings (SSSR count). The lowest BCUT2D eigenvalue weighted by atomic mass is 10.1. The Morgan fingerprint density at radius 1 is 1.00 bits per heavy atom. The smallest absolute Gasteiger partial charge is 0.271 e. The van der Waals surface area contributed by atoms with E-state index >= 15 is 0 Å². The molecule has 2 aromatic carbocycles. The molecular weight excluding hydrogens is 450 g/mol. The maximum atomic E-state index is 13.0. The number of carbonyl (C=O) groups is 3. The molecule has 0 aliphatic carbocycles. The Morgan fingerprint density at radius 2 is 1.68 bits per heavy atom. The third kappa shape index (κ3) is 4.51. The SMILES string of the molecule is Cc1ccc(N2C(=O)[C@H](/C=N/NC(=O)c3cccc(-n4c(C)ccc4C)c3)C(=O)NC2=S)cc1. The highest BCUT2D eigenvalue weighted by molar-refractivity contribution is 7.80. The second-order valence-electron chi connectivity index (χ2n) is 8.00. The van der Waals surface area contributed by atoms with Gasteiger partial charge in [-0.3, -0.25) is 19.3 Å². The van der Waals surface area contributed by atoms with E-state index in [4.69, 9.17) is 12.2 Å². The Kier molecular flexibility index (Phi) is 6.38. The summed E-state index contributed by atoms with van der Waals surface area (Å²) in [6, 6.07) is 18.3. The summed E-state index contributed by atoms with van der Waals surface area (Å²) in [5.74, 6) is -2.84. The summed E-state index contributed by atoms with van der Waals surface area (Å²) in [7, 11) is 0. The van der Waals surface area contributed by atoms with E-state index in [0.29, 0.717) is 11.3 Å². The molecule has 9 heteroatoms. The number of nitrogens with zero attached hydrogens (tertiary/aromatic N) is 3. The molecule has 1 aromatic heterocycles. The van der Waals surface area contributed by atoms with E-state index in [1.807, 2.05) is 55.7 Å². The monoisotopic (exact) mass is 473 g/mol. The van der Waals surface area contributed by atoms with Crippen LogP contribution in [0.2, 0.25) is 0 Å². The van der Waals surface area contributed by atoms with Crippen molar-refractivity contribution in [3.8, 4) is 5.69 Å². The highest BCUT2D eigenvalue weighted by Gasteiger charge is 2.38. The van der Waals surface area contributed by atoms with Crippen molar-refractivity contribution in [3.05, 3.63) is 83.2 Å². The molecule has 0 bridgehead atoms. The summed E-state index contributed by atoms with van der Waals surface area (Å²) in [6.45, 7) is 5.90. The van der Waals surface area contributed by atoms with Crippen LogP contribution in [0.5, 0.6) is 0 Å². The van der Waals surface area contributed by atoms with Crippen LogP contribution < -0.4 is 15.6 Å². The van der Waals surface area contributed by atoms with Crippen LogP contribution >= 0.6 is 12.2 Å². The molecular formula is C25H23N5O3S. The average molecular weight is 474 g/mol. The molecule has 3 aromatic rings. The van der Waals surface area contributed by atoms with Gasteiger partial charge in [0.2, 0.25) is 5.91 Å². The molecule has 2 heterocycles. The first-order valence-electron chi connectivity index (χ1n) is 10.6. The van der Waals surface area contributed by atoms with Crippen LogP contribution in [0.1, 0.15) is 27.3 Å². The summed E-state index contributed by atoms with van der Waals surface area (Å²) < 4.78 is 2.04. The molecule has 3 amide bonds. The standard InChI is InChI=1S/C25H23N5O3S/c1-15-7-11-19(12-8-15)30-24(33)21(23(32)27-25(30)34)14-26-28-22(31)18-5-4-6-20(13-18)29-16(2)9-10-17(29)3/h4-14,21H,1-3H3,(H,28,31)(H,27,32,34)/b26-14+/t21-/m1/s1. The lowest BCUT2D eigenvalue weighted by molar-refractivity contribution is -0.130. The fraction of sp³-hybridized carbons (Fsp3) is 0.160. The van der Waals surface area contributed by atoms with Crippen LogP contribution in [0.15, 0.2) is 65.8 Å². The molecule has 0 spiro atoms. The molecule has 0 unspecified atom stereocenters. The fourth-order valence-corrected chi connectivity index (χ4v) is 4.05. The zero-order valence-electron chi connectivity index (χ0n) is 18.9. The fourth-order valence-electron chi connectivity index (χ4n) is 3.76. The number of aryl methyl sites for hydroxylation is 3. The van der Waals surface area contributed by atoms with Gasteiger partial charge in [-0.25, -0.2) is 5.43 Å². The number of anilines is 1. The second kappa shape index (κ2) is 9.40. The zero-order valence-corrected chi connectivity index (χ0v) is 19.7. The van der Waals surface area contributed by atoms with Crippen molar-refractivity contribution in [2.45, 2.75) is 20.8 Å². The van der Waals surface area contributed by atoms with Gasteiger partial charge in [0, 0.05) is 28.9 Å². The molecule has 8 nitrogen and oxygen atoms in total. The quantitative estimate of drug-likeness (QED) is 0.258. The highest BCUT2D eigenvalue weighted by atomic mass is 32.1. The van der Waals surface area contributed by atoms with Crippen LogP contribution in [0, 0.1) is 26.7 Å². The number of amides is 3. The summed E-state index contributed by atoms with van der Waals surface area (Å²) >= 11 is 5.19. The van der Waals surface area contributed by atoms with Gasteiger partial charge in [-0.15, -0.1) is 0 Å². The van der Waals surface area contributed by atoms with Gasteiger partial charge in [0.05, 0.1) is 5.69 Å². The van der Waals surface area contributed by atoms with E-state index in [-0.39, 0.29) is 5.11 Å². The maximum Gasteiger partial charge on any atom is 0.271 e. The molecule has 1 fully saturated rings. The van der Waals surface area contributed by atoms with Crippen molar-refractivity contribution in [1.29, 1.82) is 0 Å². The van der Waals surface area contributed by atoms with Gasteiger partial charge in [0.25, 0.3) is 11.8 Å². The van der Waals surface area contributed by atoms with Crippen molar-refractivity contribution >= 4 is 47.0 Å². The van der Waals surface area contributed by atoms with E-state index in [9.17, 15) is 14.4 Å². The van der Waals surface area contributed by atoms with Crippen LogP contribution in [0.3, 0.4) is 0 Å². The normalized spacial score (nSPS) is 16.1. The summed E-state index contributed by atoms with van der Waals surface area (Å²) in [5.41, 5.74) is 7.30. The van der Waals surface area contributed by atoms with Crippen LogP contribution in [0.25, 0.3) is 5.69 Å². The van der Waals surface area contributed by atoms with E-state index in [1.54, 1.807) is 30.3 Å². The number of aromatic nitrogens is 1. The molecule has 172 valence electrons. The summed E-state index contributed by atoms with van der Waals surface area (Å²) in [4.78, 5) is 39.3. The molecule has 2 N–H and O–H groups in total. The minimum atomic E-state index is -1.23. The molecule has 1 atom stereocenters. The third-order valence-corrected chi connectivity index (χ3v) is 5.81. The molecule has 0 saturated carbocycles. The van der Waals surface area contributed by atoms with Crippen molar-refractivity contribution < 1.29 is 14.4 Å². The number of thiocarbonyl (C=S) groups is 1. The van der Waals surface area contributed by atoms with Crippen LogP contribution in [0.4, 0.5) is 5.69 Å². The van der Waals surface area contributed by atoms with Crippen molar-refractivity contribution in [2.75, 3.05) is 4.90 Å². The zero-order chi connectivity index (χ0) is 24.4. The van der Waals surface area contributed by atoms with Crippen molar-refractivity contribution in [3.63, 3.8) is 0 Å². The minimum Gasteiger partial charge on any atom is -0.318 e. The number of hydrogen-bond donors (Lipinski definition) is 2. The topological polar surface area (TPSA) is 95.8 Å². The average Bonchev–Trinajstić information content (AvgIpc) is 3.15. The summed E-state index contributed by atoms with van der Waals surface area (Å²) in [6.07, 6.45) is 1.11. The number of benzene rings is 2. The lowest BCUT2D eigenvalue weighted by Crippen LogP contribution is -2.58. The van der Waals surface area contributed by atoms with Gasteiger partial charge in [-0.2, -0.15) is 5.10 Å². The number of hydrazone groups is 1. The van der Waals surface area contributed by atoms with Gasteiger partial charge < -0.3 is 9.88 Å².